The first-order chi connectivity index (χ1) is 10.1. The topological polar surface area (TPSA) is 39.1 Å². The summed E-state index contributed by atoms with van der Waals surface area (Å²) in [6.07, 6.45) is 2.84. The number of nitrogens with zero attached hydrogens (tertiary/aromatic N) is 2. The molecule has 6 heteroatoms. The monoisotopic (exact) mass is 371 g/mol. The van der Waals surface area contributed by atoms with E-state index >= 15 is 0 Å². The molecule has 4 nitrogen and oxygen atoms in total. The van der Waals surface area contributed by atoms with Crippen LogP contribution in [0.1, 0.15) is 30.6 Å². The molecule has 0 saturated heterocycles. The average molecular weight is 373 g/mol. The molecule has 1 atom stereocenters. The van der Waals surface area contributed by atoms with E-state index < -0.39 is 0 Å². The normalized spacial score (nSPS) is 12.4. The third kappa shape index (κ3) is 3.42. The minimum Gasteiger partial charge on any atom is -0.496 e. The van der Waals surface area contributed by atoms with E-state index in [0.29, 0.717) is 5.02 Å². The lowest BCUT2D eigenvalue weighted by atomic mass is 10.0. The largest absolute Gasteiger partial charge is 0.496 e. The van der Waals surface area contributed by atoms with Crippen molar-refractivity contribution in [1.82, 2.24) is 15.1 Å². The Morgan fingerprint density at radius 3 is 2.86 bits per heavy atom. The van der Waals surface area contributed by atoms with Crippen molar-refractivity contribution < 1.29 is 4.74 Å². The van der Waals surface area contributed by atoms with E-state index in [1.807, 2.05) is 36.1 Å². The Bertz CT molecular complexity index is 615. The van der Waals surface area contributed by atoms with Crippen molar-refractivity contribution >= 4 is 27.5 Å². The van der Waals surface area contributed by atoms with E-state index in [4.69, 9.17) is 16.3 Å². The summed E-state index contributed by atoms with van der Waals surface area (Å²) in [5.41, 5.74) is 2.06. The van der Waals surface area contributed by atoms with Gasteiger partial charge in [-0.15, -0.1) is 0 Å². The van der Waals surface area contributed by atoms with Crippen molar-refractivity contribution in [2.24, 2.45) is 0 Å². The number of halogens is 2. The maximum absolute atomic E-state index is 6.16. The van der Waals surface area contributed by atoms with Gasteiger partial charge in [0.15, 0.2) is 0 Å². The van der Waals surface area contributed by atoms with E-state index in [-0.39, 0.29) is 6.04 Å². The molecule has 0 aliphatic heterocycles. The van der Waals surface area contributed by atoms with Crippen molar-refractivity contribution in [3.8, 4) is 5.75 Å². The van der Waals surface area contributed by atoms with Crippen LogP contribution in [-0.4, -0.2) is 23.9 Å². The standard InChI is InChI=1S/C15H19BrClN3O/c1-4-7-20-15(12(16)9-19-20)14(18-2)11-8-10(17)5-6-13(11)21-3/h5-6,8-9,14,18H,4,7H2,1-3H3. The third-order valence-electron chi connectivity index (χ3n) is 3.33. The number of aromatic nitrogens is 2. The fourth-order valence-corrected chi connectivity index (χ4v) is 3.12. The second-order valence-electron chi connectivity index (χ2n) is 4.71. The van der Waals surface area contributed by atoms with Gasteiger partial charge in [-0.2, -0.15) is 5.10 Å². The van der Waals surface area contributed by atoms with Crippen molar-refractivity contribution in [1.29, 1.82) is 0 Å². The van der Waals surface area contributed by atoms with Crippen LogP contribution >= 0.6 is 27.5 Å². The number of benzene rings is 1. The molecule has 2 rings (SSSR count). The maximum Gasteiger partial charge on any atom is 0.124 e. The molecule has 0 saturated carbocycles. The molecule has 0 bridgehead atoms. The molecular weight excluding hydrogens is 354 g/mol. The van der Waals surface area contributed by atoms with Crippen LogP contribution in [0.3, 0.4) is 0 Å². The first-order valence-corrected chi connectivity index (χ1v) is 8.01. The van der Waals surface area contributed by atoms with Crippen LogP contribution in [-0.2, 0) is 6.54 Å². The number of nitrogens with one attached hydrogen (secondary N) is 1. The molecule has 0 fully saturated rings. The highest BCUT2D eigenvalue weighted by Gasteiger charge is 2.23. The van der Waals surface area contributed by atoms with Crippen LogP contribution in [0, 0.1) is 0 Å². The van der Waals surface area contributed by atoms with Crippen molar-refractivity contribution in [3.63, 3.8) is 0 Å². The summed E-state index contributed by atoms with van der Waals surface area (Å²) in [5, 5.41) is 8.45. The molecule has 114 valence electrons. The first kappa shape index (κ1) is 16.3. The van der Waals surface area contributed by atoms with Gasteiger partial charge in [-0.05, 0) is 47.6 Å². The first-order valence-electron chi connectivity index (χ1n) is 6.84. The van der Waals surface area contributed by atoms with E-state index in [0.717, 1.165) is 34.4 Å². The smallest absolute Gasteiger partial charge is 0.124 e. The Morgan fingerprint density at radius 2 is 2.24 bits per heavy atom. The van der Waals surface area contributed by atoms with Crippen LogP contribution in [0.4, 0.5) is 0 Å². The van der Waals surface area contributed by atoms with Gasteiger partial charge in [0.25, 0.3) is 0 Å². The lowest BCUT2D eigenvalue weighted by Crippen LogP contribution is -2.22. The number of methoxy groups -OCH3 is 1. The van der Waals surface area contributed by atoms with Gasteiger partial charge in [0.1, 0.15) is 5.75 Å². The average Bonchev–Trinajstić information content (AvgIpc) is 2.82. The summed E-state index contributed by atoms with van der Waals surface area (Å²) in [7, 11) is 3.58. The Kier molecular flexibility index (Phi) is 5.67. The predicted octanol–water partition coefficient (Wildman–Crippen LogP) is 4.03. The van der Waals surface area contributed by atoms with Gasteiger partial charge >= 0.3 is 0 Å². The van der Waals surface area contributed by atoms with Gasteiger partial charge in [0.05, 0.1) is 29.5 Å². The summed E-state index contributed by atoms with van der Waals surface area (Å²) in [4.78, 5) is 0. The van der Waals surface area contributed by atoms with Gasteiger partial charge in [-0.1, -0.05) is 18.5 Å². The molecule has 1 unspecified atom stereocenters. The van der Waals surface area contributed by atoms with Crippen LogP contribution in [0.2, 0.25) is 5.02 Å². The highest BCUT2D eigenvalue weighted by atomic mass is 79.9. The van der Waals surface area contributed by atoms with Gasteiger partial charge < -0.3 is 10.1 Å². The van der Waals surface area contributed by atoms with E-state index in [9.17, 15) is 0 Å². The van der Waals surface area contributed by atoms with E-state index in [1.54, 1.807) is 7.11 Å². The van der Waals surface area contributed by atoms with E-state index in [1.165, 1.54) is 0 Å². The number of rotatable bonds is 6. The van der Waals surface area contributed by atoms with Gasteiger partial charge in [0.2, 0.25) is 0 Å². The molecule has 1 aromatic heterocycles. The van der Waals surface area contributed by atoms with Crippen molar-refractivity contribution in [3.05, 3.63) is 45.1 Å². The zero-order valence-corrected chi connectivity index (χ0v) is 14.7. The minimum absolute atomic E-state index is 0.0536. The molecule has 21 heavy (non-hydrogen) atoms. The number of hydrogen-bond donors (Lipinski definition) is 1. The third-order valence-corrected chi connectivity index (χ3v) is 4.18. The molecule has 0 spiro atoms. The summed E-state index contributed by atoms with van der Waals surface area (Å²) in [6.45, 7) is 3.00. The molecule has 0 aliphatic carbocycles. The zero-order valence-electron chi connectivity index (χ0n) is 12.4. The SMILES string of the molecule is CCCn1ncc(Br)c1C(NC)c1cc(Cl)ccc1OC. The minimum atomic E-state index is -0.0536. The Balaban J connectivity index is 2.54. The molecule has 0 radical (unpaired) electrons. The Hall–Kier alpha value is -1.04. The van der Waals surface area contributed by atoms with Gasteiger partial charge in [0, 0.05) is 17.1 Å². The summed E-state index contributed by atoms with van der Waals surface area (Å²) >= 11 is 9.75. The fraction of sp³-hybridized carbons (Fsp3) is 0.400. The molecule has 0 amide bonds. The molecular formula is C15H19BrClN3O. The van der Waals surface area contributed by atoms with Crippen LogP contribution in [0.25, 0.3) is 0 Å². The fourth-order valence-electron chi connectivity index (χ4n) is 2.42. The second-order valence-corrected chi connectivity index (χ2v) is 6.00. The Morgan fingerprint density at radius 1 is 1.48 bits per heavy atom. The van der Waals surface area contributed by atoms with Crippen molar-refractivity contribution in [2.45, 2.75) is 25.9 Å². The molecule has 1 aromatic carbocycles. The maximum atomic E-state index is 6.16. The van der Waals surface area contributed by atoms with Crippen LogP contribution in [0.15, 0.2) is 28.9 Å². The summed E-state index contributed by atoms with van der Waals surface area (Å²) < 4.78 is 8.45. The van der Waals surface area contributed by atoms with Gasteiger partial charge in [-0.25, -0.2) is 0 Å². The summed E-state index contributed by atoms with van der Waals surface area (Å²) in [5.74, 6) is 0.801. The zero-order chi connectivity index (χ0) is 15.4. The van der Waals surface area contributed by atoms with E-state index in [2.05, 4.69) is 33.3 Å². The number of aryl methyl sites for hydroxylation is 1. The number of ether oxygens (including phenoxy) is 1. The van der Waals surface area contributed by atoms with Crippen molar-refractivity contribution in [2.75, 3.05) is 14.2 Å². The molecule has 2 aromatic rings. The lowest BCUT2D eigenvalue weighted by molar-refractivity contribution is 0.403. The molecule has 0 aliphatic rings. The highest BCUT2D eigenvalue weighted by molar-refractivity contribution is 9.10. The van der Waals surface area contributed by atoms with Gasteiger partial charge in [-0.3, -0.25) is 4.68 Å². The second kappa shape index (κ2) is 7.29. The highest BCUT2D eigenvalue weighted by Crippen LogP contribution is 2.35. The van der Waals surface area contributed by atoms with Crippen LogP contribution < -0.4 is 10.1 Å². The molecule has 1 N–H and O–H groups in total. The predicted molar refractivity (Wildman–Crippen MR) is 89.1 cm³/mol. The Labute approximate surface area is 138 Å². The van der Waals surface area contributed by atoms with Crippen LogP contribution in [0.5, 0.6) is 5.75 Å². The number of hydrogen-bond acceptors (Lipinski definition) is 3. The quantitative estimate of drug-likeness (QED) is 0.832. The summed E-state index contributed by atoms with van der Waals surface area (Å²) in [6, 6.07) is 5.59. The molecule has 1 heterocycles. The lowest BCUT2D eigenvalue weighted by Gasteiger charge is -2.21.